The molecule has 0 fully saturated rings. The number of hydrogen-bond acceptors (Lipinski definition) is 1. The second-order valence-corrected chi connectivity index (χ2v) is 1.83. The SMILES string of the molecule is Cc1ccc[n+](N)c1.[I-]. The predicted molar refractivity (Wildman–Crippen MR) is 31.5 cm³/mol. The van der Waals surface area contributed by atoms with Gasteiger partial charge < -0.3 is 24.0 Å². The maximum absolute atomic E-state index is 5.38. The van der Waals surface area contributed by atoms with Gasteiger partial charge in [0.1, 0.15) is 0 Å². The molecule has 0 aromatic carbocycles. The molecule has 0 saturated carbocycles. The van der Waals surface area contributed by atoms with Gasteiger partial charge in [-0.25, -0.2) is 5.84 Å². The van der Waals surface area contributed by atoms with Crippen LogP contribution in [0.1, 0.15) is 5.56 Å². The van der Waals surface area contributed by atoms with Gasteiger partial charge in [-0.3, -0.25) is 0 Å². The number of aromatic nitrogens is 1. The Kier molecular flexibility index (Phi) is 3.53. The van der Waals surface area contributed by atoms with Crippen LogP contribution in [-0.2, 0) is 0 Å². The van der Waals surface area contributed by atoms with Gasteiger partial charge in [-0.15, -0.1) is 0 Å². The predicted octanol–water partition coefficient (Wildman–Crippen LogP) is -3.00. The van der Waals surface area contributed by atoms with E-state index in [2.05, 4.69) is 0 Å². The number of rotatable bonds is 0. The normalized spacial score (nSPS) is 8.11. The van der Waals surface area contributed by atoms with Crippen LogP contribution in [0.25, 0.3) is 0 Å². The molecule has 0 bridgehead atoms. The third-order valence-electron chi connectivity index (χ3n) is 0.970. The van der Waals surface area contributed by atoms with Crippen LogP contribution in [0.5, 0.6) is 0 Å². The van der Waals surface area contributed by atoms with Crippen molar-refractivity contribution in [2.75, 3.05) is 5.84 Å². The largest absolute Gasteiger partial charge is 1.00 e. The molecule has 0 spiro atoms. The summed E-state index contributed by atoms with van der Waals surface area (Å²) in [5.41, 5.74) is 1.18. The first kappa shape index (κ1) is 8.68. The molecular weight excluding hydrogens is 227 g/mol. The zero-order chi connectivity index (χ0) is 5.98. The van der Waals surface area contributed by atoms with E-state index in [1.807, 2.05) is 25.3 Å². The Hall–Kier alpha value is -0.320. The molecule has 3 heteroatoms. The van der Waals surface area contributed by atoms with Crippen molar-refractivity contribution >= 4 is 0 Å². The lowest BCUT2D eigenvalue weighted by Crippen LogP contribution is -3.00. The fraction of sp³-hybridized carbons (Fsp3) is 0.167. The number of nitrogen functional groups attached to an aromatic ring is 1. The summed E-state index contributed by atoms with van der Waals surface area (Å²) in [5.74, 6) is 5.38. The molecule has 1 aromatic heterocycles. The third kappa shape index (κ3) is 2.64. The van der Waals surface area contributed by atoms with Crippen molar-refractivity contribution < 1.29 is 28.7 Å². The topological polar surface area (TPSA) is 29.9 Å². The van der Waals surface area contributed by atoms with Gasteiger partial charge in [0.25, 0.3) is 0 Å². The Morgan fingerprint density at radius 2 is 2.22 bits per heavy atom. The van der Waals surface area contributed by atoms with E-state index in [1.54, 1.807) is 6.20 Å². The van der Waals surface area contributed by atoms with Crippen molar-refractivity contribution in [3.8, 4) is 0 Å². The molecule has 1 rings (SSSR count). The van der Waals surface area contributed by atoms with Crippen LogP contribution < -0.4 is 34.5 Å². The summed E-state index contributed by atoms with van der Waals surface area (Å²) in [6, 6.07) is 3.92. The molecule has 0 radical (unpaired) electrons. The smallest absolute Gasteiger partial charge is 0.202 e. The minimum Gasteiger partial charge on any atom is -1.00 e. The molecule has 0 saturated heterocycles. The Labute approximate surface area is 71.7 Å². The quantitative estimate of drug-likeness (QED) is 0.290. The van der Waals surface area contributed by atoms with E-state index in [1.165, 1.54) is 10.2 Å². The van der Waals surface area contributed by atoms with Gasteiger partial charge in [-0.2, -0.15) is 0 Å². The van der Waals surface area contributed by atoms with Crippen LogP contribution >= 0.6 is 0 Å². The Bertz CT molecular complexity index is 171. The van der Waals surface area contributed by atoms with Crippen molar-refractivity contribution in [2.24, 2.45) is 0 Å². The highest BCUT2D eigenvalue weighted by molar-refractivity contribution is 5.01. The van der Waals surface area contributed by atoms with Crippen LogP contribution in [0, 0.1) is 6.92 Å². The lowest BCUT2D eigenvalue weighted by atomic mass is 10.3. The van der Waals surface area contributed by atoms with E-state index in [0.29, 0.717) is 0 Å². The van der Waals surface area contributed by atoms with Gasteiger partial charge in [0.15, 0.2) is 6.20 Å². The van der Waals surface area contributed by atoms with Crippen LogP contribution in [0.3, 0.4) is 0 Å². The van der Waals surface area contributed by atoms with Gasteiger partial charge >= 0.3 is 0 Å². The summed E-state index contributed by atoms with van der Waals surface area (Å²) in [7, 11) is 0. The van der Waals surface area contributed by atoms with Crippen LogP contribution in [0.15, 0.2) is 24.5 Å². The average molecular weight is 236 g/mol. The van der Waals surface area contributed by atoms with Gasteiger partial charge in [-0.1, -0.05) is 4.68 Å². The van der Waals surface area contributed by atoms with Crippen LogP contribution in [-0.4, -0.2) is 0 Å². The lowest BCUT2D eigenvalue weighted by Gasteiger charge is -1.84. The zero-order valence-electron chi connectivity index (χ0n) is 5.21. The molecule has 0 aliphatic heterocycles. The molecule has 50 valence electrons. The molecule has 1 heterocycles. The van der Waals surface area contributed by atoms with Crippen molar-refractivity contribution in [2.45, 2.75) is 6.92 Å². The molecule has 0 atom stereocenters. The van der Waals surface area contributed by atoms with E-state index >= 15 is 0 Å². The first-order valence-corrected chi connectivity index (χ1v) is 2.52. The number of nitrogens with two attached hydrogens (primary N) is 1. The van der Waals surface area contributed by atoms with Crippen LogP contribution in [0.4, 0.5) is 0 Å². The summed E-state index contributed by atoms with van der Waals surface area (Å²) in [5, 5.41) is 0. The number of aryl methyl sites for hydroxylation is 1. The number of hydrogen-bond donors (Lipinski definition) is 1. The van der Waals surface area contributed by atoms with Gasteiger partial charge in [0.2, 0.25) is 6.20 Å². The maximum atomic E-state index is 5.38. The number of halogens is 1. The molecule has 9 heavy (non-hydrogen) atoms. The van der Waals surface area contributed by atoms with E-state index in [0.717, 1.165) is 0 Å². The highest BCUT2D eigenvalue weighted by atomic mass is 127. The lowest BCUT2D eigenvalue weighted by molar-refractivity contribution is -0.639. The standard InChI is InChI=1S/C6H9N2.HI/c1-6-3-2-4-8(7)5-6;/h2-5H,7H2,1H3;1H/q+1;/p-1. The molecule has 0 unspecified atom stereocenters. The highest BCUT2D eigenvalue weighted by Gasteiger charge is 1.88. The van der Waals surface area contributed by atoms with E-state index in [4.69, 9.17) is 5.84 Å². The van der Waals surface area contributed by atoms with Gasteiger partial charge in [0, 0.05) is 11.6 Å². The van der Waals surface area contributed by atoms with Crippen molar-refractivity contribution in [1.29, 1.82) is 0 Å². The minimum absolute atomic E-state index is 0. The van der Waals surface area contributed by atoms with E-state index in [-0.39, 0.29) is 24.0 Å². The second kappa shape index (κ2) is 3.66. The van der Waals surface area contributed by atoms with Gasteiger partial charge in [0.05, 0.1) is 0 Å². The van der Waals surface area contributed by atoms with Crippen LogP contribution in [0.2, 0.25) is 0 Å². The number of nitrogens with zero attached hydrogens (tertiary/aromatic N) is 1. The van der Waals surface area contributed by atoms with E-state index < -0.39 is 0 Å². The first-order chi connectivity index (χ1) is 3.79. The fourth-order valence-electron chi connectivity index (χ4n) is 0.615. The Morgan fingerprint density at radius 3 is 2.56 bits per heavy atom. The summed E-state index contributed by atoms with van der Waals surface area (Å²) in [6.07, 6.45) is 3.66. The number of pyridine rings is 1. The zero-order valence-corrected chi connectivity index (χ0v) is 7.37. The van der Waals surface area contributed by atoms with Gasteiger partial charge in [-0.05, 0) is 13.0 Å². The molecule has 0 aliphatic rings. The molecular formula is C6H9IN2. The minimum atomic E-state index is 0. The van der Waals surface area contributed by atoms with E-state index in [9.17, 15) is 0 Å². The van der Waals surface area contributed by atoms with Crippen molar-refractivity contribution in [3.63, 3.8) is 0 Å². The molecule has 0 amide bonds. The summed E-state index contributed by atoms with van der Waals surface area (Å²) in [6.45, 7) is 2.00. The molecule has 0 aliphatic carbocycles. The Morgan fingerprint density at radius 1 is 1.56 bits per heavy atom. The molecule has 2 nitrogen and oxygen atoms in total. The second-order valence-electron chi connectivity index (χ2n) is 1.83. The first-order valence-electron chi connectivity index (χ1n) is 2.52. The summed E-state index contributed by atoms with van der Waals surface area (Å²) in [4.78, 5) is 0. The average Bonchev–Trinajstić information content (AvgIpc) is 1.64. The Balaban J connectivity index is 0.000000640. The third-order valence-corrected chi connectivity index (χ3v) is 0.970. The van der Waals surface area contributed by atoms with Crippen molar-refractivity contribution in [1.82, 2.24) is 0 Å². The summed E-state index contributed by atoms with van der Waals surface area (Å²) >= 11 is 0. The summed E-state index contributed by atoms with van der Waals surface area (Å²) < 4.78 is 1.54. The molecule has 2 N–H and O–H groups in total. The fourth-order valence-corrected chi connectivity index (χ4v) is 0.615. The maximum Gasteiger partial charge on any atom is 0.202 e. The monoisotopic (exact) mass is 236 g/mol. The molecule has 1 aromatic rings. The highest BCUT2D eigenvalue weighted by Crippen LogP contribution is 1.86. The van der Waals surface area contributed by atoms with Crippen molar-refractivity contribution in [3.05, 3.63) is 30.1 Å².